The zero-order chi connectivity index (χ0) is 18.8. The number of hydrogen-bond donors (Lipinski definition) is 5. The molecule has 9 heteroatoms. The van der Waals surface area contributed by atoms with Gasteiger partial charge in [0.05, 0.1) is 30.1 Å². The zero-order valence-corrected chi connectivity index (χ0v) is 14.0. The fourth-order valence-corrected chi connectivity index (χ4v) is 2.51. The van der Waals surface area contributed by atoms with E-state index in [4.69, 9.17) is 13.9 Å². The Kier molecular flexibility index (Phi) is 6.33. The van der Waals surface area contributed by atoms with Crippen LogP contribution in [-0.4, -0.2) is 80.3 Å². The van der Waals surface area contributed by atoms with Crippen LogP contribution < -0.4 is 0 Å². The van der Waals surface area contributed by atoms with Gasteiger partial charge in [0.25, 0.3) is 0 Å². The number of hydrogen-bond acceptors (Lipinski definition) is 9. The molecule has 2 heterocycles. The van der Waals surface area contributed by atoms with Crippen molar-refractivity contribution in [2.24, 2.45) is 0 Å². The van der Waals surface area contributed by atoms with Crippen molar-refractivity contribution in [2.75, 3.05) is 6.61 Å². The van der Waals surface area contributed by atoms with E-state index in [2.05, 4.69) is 0 Å². The number of furan rings is 1. The summed E-state index contributed by atoms with van der Waals surface area (Å²) >= 11 is 0. The molecule has 1 aromatic rings. The lowest BCUT2D eigenvalue weighted by Crippen LogP contribution is -2.61. The van der Waals surface area contributed by atoms with E-state index in [1.807, 2.05) is 0 Å². The highest BCUT2D eigenvalue weighted by molar-refractivity contribution is 5.96. The minimum absolute atomic E-state index is 0.260. The highest BCUT2D eigenvalue weighted by atomic mass is 16.7. The van der Waals surface area contributed by atoms with Crippen LogP contribution in [0.15, 0.2) is 23.0 Å². The first-order valence-electron chi connectivity index (χ1n) is 7.89. The Morgan fingerprint density at radius 3 is 2.52 bits per heavy atom. The molecule has 0 amide bonds. The van der Waals surface area contributed by atoms with Crippen LogP contribution in [0, 0.1) is 0 Å². The first-order chi connectivity index (χ1) is 11.7. The van der Waals surface area contributed by atoms with Crippen molar-refractivity contribution in [1.29, 1.82) is 0 Å². The fraction of sp³-hybridized carbons (Fsp3) is 0.688. The van der Waals surface area contributed by atoms with Gasteiger partial charge in [0.15, 0.2) is 12.1 Å². The third-order valence-corrected chi connectivity index (χ3v) is 4.29. The summed E-state index contributed by atoms with van der Waals surface area (Å²) in [7, 11) is 0. The number of ether oxygens (including phenoxy) is 2. The van der Waals surface area contributed by atoms with Crippen LogP contribution in [0.1, 0.15) is 30.6 Å². The maximum absolute atomic E-state index is 12.1. The Morgan fingerprint density at radius 1 is 1.28 bits per heavy atom. The van der Waals surface area contributed by atoms with E-state index in [0.29, 0.717) is 5.56 Å². The number of aliphatic hydroxyl groups excluding tert-OH is 5. The number of carbonyl (C=O) groups excluding carboxylic acids is 1. The average Bonchev–Trinajstić information content (AvgIpc) is 3.09. The van der Waals surface area contributed by atoms with Crippen molar-refractivity contribution in [3.63, 3.8) is 0 Å². The molecule has 1 saturated heterocycles. The molecule has 0 bridgehead atoms. The molecule has 1 aliphatic rings. The molecule has 0 aliphatic carbocycles. The molecule has 142 valence electrons. The molecule has 0 aromatic carbocycles. The van der Waals surface area contributed by atoms with Crippen LogP contribution in [0.5, 0.6) is 0 Å². The standard InChI is InChI=1S/C16H24O9/c1-16(2,11(19)5-9(18)8-3-4-23-7-8)25-15-14(22)13(21)12(20)10(6-17)24-15/h3-4,7,10-15,17,19-22H,5-6H2,1-2H3/t10-,11?,12-,13+,14-,15+/m1/s1. The lowest BCUT2D eigenvalue weighted by atomic mass is 9.94. The third-order valence-electron chi connectivity index (χ3n) is 4.29. The quantitative estimate of drug-likeness (QED) is 0.378. The minimum Gasteiger partial charge on any atom is -0.472 e. The van der Waals surface area contributed by atoms with E-state index in [0.717, 1.165) is 0 Å². The normalized spacial score (nSPS) is 31.7. The van der Waals surface area contributed by atoms with Gasteiger partial charge >= 0.3 is 0 Å². The topological polar surface area (TPSA) is 150 Å². The number of aliphatic hydroxyl groups is 5. The Balaban J connectivity index is 2.02. The second-order valence-corrected chi connectivity index (χ2v) is 6.57. The van der Waals surface area contributed by atoms with Crippen molar-refractivity contribution < 1.29 is 44.2 Å². The molecule has 0 radical (unpaired) electrons. The highest BCUT2D eigenvalue weighted by Crippen LogP contribution is 2.28. The molecular weight excluding hydrogens is 336 g/mol. The van der Waals surface area contributed by atoms with Gasteiger partial charge in [-0.2, -0.15) is 0 Å². The van der Waals surface area contributed by atoms with E-state index < -0.39 is 49.0 Å². The van der Waals surface area contributed by atoms with E-state index in [1.165, 1.54) is 32.4 Å². The Hall–Kier alpha value is -1.33. The summed E-state index contributed by atoms with van der Waals surface area (Å²) < 4.78 is 15.6. The zero-order valence-electron chi connectivity index (χ0n) is 14.0. The van der Waals surface area contributed by atoms with Gasteiger partial charge in [0.1, 0.15) is 30.7 Å². The molecule has 5 N–H and O–H groups in total. The summed E-state index contributed by atoms with van der Waals surface area (Å²) in [5.41, 5.74) is -1.02. The molecule has 1 unspecified atom stereocenters. The van der Waals surface area contributed by atoms with Crippen LogP contribution >= 0.6 is 0 Å². The third kappa shape index (κ3) is 4.45. The van der Waals surface area contributed by atoms with E-state index in [9.17, 15) is 30.3 Å². The van der Waals surface area contributed by atoms with Gasteiger partial charge in [0, 0.05) is 6.42 Å². The van der Waals surface area contributed by atoms with Crippen LogP contribution in [0.2, 0.25) is 0 Å². The first-order valence-corrected chi connectivity index (χ1v) is 7.89. The number of Topliss-reactive ketones (excluding diaryl/α,β-unsaturated/α-hetero) is 1. The maximum atomic E-state index is 12.1. The summed E-state index contributed by atoms with van der Waals surface area (Å²) in [4.78, 5) is 12.1. The van der Waals surface area contributed by atoms with Crippen LogP contribution in [-0.2, 0) is 9.47 Å². The molecular formula is C16H24O9. The molecule has 1 aliphatic heterocycles. The molecule has 1 fully saturated rings. The second-order valence-electron chi connectivity index (χ2n) is 6.57. The Bertz CT molecular complexity index is 554. The summed E-state index contributed by atoms with van der Waals surface area (Å²) in [5.74, 6) is -0.355. The van der Waals surface area contributed by atoms with Crippen molar-refractivity contribution in [3.8, 4) is 0 Å². The molecule has 6 atom stereocenters. The summed E-state index contributed by atoms with van der Waals surface area (Å²) in [6.45, 7) is 2.39. The van der Waals surface area contributed by atoms with E-state index in [-0.39, 0.29) is 12.2 Å². The Labute approximate surface area is 144 Å². The lowest BCUT2D eigenvalue weighted by molar-refractivity contribution is -0.331. The molecule has 0 saturated carbocycles. The van der Waals surface area contributed by atoms with Gasteiger partial charge in [-0.15, -0.1) is 0 Å². The number of rotatable bonds is 7. The van der Waals surface area contributed by atoms with Gasteiger partial charge in [-0.05, 0) is 19.9 Å². The molecule has 9 nitrogen and oxygen atoms in total. The molecule has 2 rings (SSSR count). The number of ketones is 1. The van der Waals surface area contributed by atoms with Crippen LogP contribution in [0.25, 0.3) is 0 Å². The Morgan fingerprint density at radius 2 is 1.96 bits per heavy atom. The van der Waals surface area contributed by atoms with Crippen LogP contribution in [0.3, 0.4) is 0 Å². The summed E-state index contributed by atoms with van der Waals surface area (Å²) in [5, 5.41) is 49.0. The fourth-order valence-electron chi connectivity index (χ4n) is 2.51. The van der Waals surface area contributed by atoms with Gasteiger partial charge in [-0.3, -0.25) is 4.79 Å². The average molecular weight is 360 g/mol. The SMILES string of the molecule is CC(C)(O[C@@H]1O[C@H](CO)[C@@H](O)[C@H](O)[C@H]1O)C(O)CC(=O)c1ccoc1. The predicted octanol–water partition coefficient (Wildman–Crippen LogP) is -1.19. The monoisotopic (exact) mass is 360 g/mol. The van der Waals surface area contributed by atoms with Gasteiger partial charge in [-0.25, -0.2) is 0 Å². The van der Waals surface area contributed by atoms with Gasteiger partial charge in [0.2, 0.25) is 0 Å². The van der Waals surface area contributed by atoms with Crippen molar-refractivity contribution >= 4 is 5.78 Å². The first kappa shape index (κ1) is 20.0. The highest BCUT2D eigenvalue weighted by Gasteiger charge is 2.47. The van der Waals surface area contributed by atoms with Crippen molar-refractivity contribution in [3.05, 3.63) is 24.2 Å². The maximum Gasteiger partial charge on any atom is 0.187 e. The van der Waals surface area contributed by atoms with Crippen molar-refractivity contribution in [1.82, 2.24) is 0 Å². The van der Waals surface area contributed by atoms with Gasteiger partial charge in [-0.1, -0.05) is 0 Å². The smallest absolute Gasteiger partial charge is 0.187 e. The molecule has 0 spiro atoms. The predicted molar refractivity (Wildman–Crippen MR) is 82.6 cm³/mol. The summed E-state index contributed by atoms with van der Waals surface area (Å²) in [6, 6.07) is 1.47. The summed E-state index contributed by atoms with van der Waals surface area (Å²) in [6.07, 6.45) is -6.10. The largest absolute Gasteiger partial charge is 0.472 e. The van der Waals surface area contributed by atoms with Gasteiger partial charge < -0.3 is 39.4 Å². The van der Waals surface area contributed by atoms with E-state index >= 15 is 0 Å². The second kappa shape index (κ2) is 7.92. The lowest BCUT2D eigenvalue weighted by Gasteiger charge is -2.43. The minimum atomic E-state index is -1.59. The van der Waals surface area contributed by atoms with Crippen LogP contribution in [0.4, 0.5) is 0 Å². The molecule has 1 aromatic heterocycles. The van der Waals surface area contributed by atoms with Crippen molar-refractivity contribution in [2.45, 2.75) is 62.7 Å². The van der Waals surface area contributed by atoms with E-state index in [1.54, 1.807) is 0 Å². The number of carbonyl (C=O) groups is 1. The molecule has 25 heavy (non-hydrogen) atoms.